The van der Waals surface area contributed by atoms with E-state index in [0.29, 0.717) is 13.1 Å². The maximum Gasteiger partial charge on any atom is 0.329 e. The Morgan fingerprint density at radius 1 is 1.63 bits per heavy atom. The summed E-state index contributed by atoms with van der Waals surface area (Å²) in [5, 5.41) is 16.5. The van der Waals surface area contributed by atoms with Crippen LogP contribution in [0.15, 0.2) is 6.20 Å². The molecule has 0 aliphatic carbocycles. The van der Waals surface area contributed by atoms with Crippen LogP contribution < -0.4 is 15.5 Å². The number of hydrogen-bond donors (Lipinski definition) is 2. The van der Waals surface area contributed by atoms with Crippen molar-refractivity contribution in [2.75, 3.05) is 30.4 Å². The van der Waals surface area contributed by atoms with Crippen LogP contribution in [0.3, 0.4) is 0 Å². The highest BCUT2D eigenvalue weighted by Crippen LogP contribution is 2.28. The highest BCUT2D eigenvalue weighted by molar-refractivity contribution is 5.86. The number of carbonyl (C=O) groups is 1. The van der Waals surface area contributed by atoms with Gasteiger partial charge in [-0.25, -0.2) is 4.98 Å². The van der Waals surface area contributed by atoms with Crippen LogP contribution >= 0.6 is 0 Å². The molecular formula is C10H14N6O3. The van der Waals surface area contributed by atoms with E-state index in [1.807, 2.05) is 0 Å². The minimum absolute atomic E-state index is 0.159. The number of rotatable bonds is 3. The lowest BCUT2D eigenvalue weighted by Gasteiger charge is -2.33. The van der Waals surface area contributed by atoms with Crippen LogP contribution in [0.5, 0.6) is 0 Å². The Labute approximate surface area is 109 Å². The molecule has 2 rings (SSSR count). The van der Waals surface area contributed by atoms with Crippen LogP contribution in [0.4, 0.5) is 17.5 Å². The van der Waals surface area contributed by atoms with E-state index >= 15 is 0 Å². The smallest absolute Gasteiger partial charge is 0.329 e. The van der Waals surface area contributed by atoms with Gasteiger partial charge in [-0.05, 0) is 6.92 Å². The maximum atomic E-state index is 11.6. The second kappa shape index (κ2) is 5.04. The first-order chi connectivity index (χ1) is 9.04. The number of piperazine rings is 1. The third-order valence-electron chi connectivity index (χ3n) is 2.94. The van der Waals surface area contributed by atoms with Gasteiger partial charge in [0.25, 0.3) is 0 Å². The first-order valence-electron chi connectivity index (χ1n) is 5.78. The molecule has 1 unspecified atom stereocenters. The standard InChI is InChI=1S/C10H14N6O3/c1-6-9(17)12-3-4-15(6)8-7(16(18)19)5-13-10(11-2)14-8/h5-6H,3-4H2,1-2H3,(H,12,17)(H,11,13,14). The third kappa shape index (κ3) is 2.39. The average molecular weight is 266 g/mol. The molecule has 0 bridgehead atoms. The van der Waals surface area contributed by atoms with Crippen LogP contribution in [0, 0.1) is 10.1 Å². The van der Waals surface area contributed by atoms with Crippen molar-refractivity contribution in [1.29, 1.82) is 0 Å². The van der Waals surface area contributed by atoms with Gasteiger partial charge in [-0.2, -0.15) is 4.98 Å². The molecule has 9 heteroatoms. The molecule has 1 aliphatic heterocycles. The van der Waals surface area contributed by atoms with Crippen molar-refractivity contribution in [3.05, 3.63) is 16.3 Å². The number of carbonyl (C=O) groups excluding carboxylic acids is 1. The molecule has 1 amide bonds. The molecule has 1 aliphatic rings. The minimum atomic E-state index is -0.548. The van der Waals surface area contributed by atoms with Gasteiger partial charge in [0.05, 0.1) is 4.92 Å². The first kappa shape index (κ1) is 13.0. The molecule has 1 saturated heterocycles. The van der Waals surface area contributed by atoms with Crippen LogP contribution in [-0.4, -0.2) is 47.0 Å². The van der Waals surface area contributed by atoms with Crippen molar-refractivity contribution >= 4 is 23.4 Å². The van der Waals surface area contributed by atoms with Gasteiger partial charge in [0.1, 0.15) is 12.2 Å². The molecule has 0 radical (unpaired) electrons. The van der Waals surface area contributed by atoms with Crippen molar-refractivity contribution in [3.63, 3.8) is 0 Å². The molecule has 0 saturated carbocycles. The molecule has 0 spiro atoms. The van der Waals surface area contributed by atoms with Gasteiger partial charge < -0.3 is 15.5 Å². The summed E-state index contributed by atoms with van der Waals surface area (Å²) in [7, 11) is 1.62. The van der Waals surface area contributed by atoms with E-state index in [2.05, 4.69) is 20.6 Å². The second-order valence-electron chi connectivity index (χ2n) is 4.07. The van der Waals surface area contributed by atoms with E-state index in [0.717, 1.165) is 6.20 Å². The maximum absolute atomic E-state index is 11.6. The summed E-state index contributed by atoms with van der Waals surface area (Å²) in [5.41, 5.74) is -0.208. The highest BCUT2D eigenvalue weighted by atomic mass is 16.6. The Kier molecular flexibility index (Phi) is 3.45. The van der Waals surface area contributed by atoms with Gasteiger partial charge in [0, 0.05) is 20.1 Å². The summed E-state index contributed by atoms with van der Waals surface area (Å²) >= 11 is 0. The highest BCUT2D eigenvalue weighted by Gasteiger charge is 2.32. The molecular weight excluding hydrogens is 252 g/mol. The fourth-order valence-electron chi connectivity index (χ4n) is 1.90. The molecule has 2 heterocycles. The van der Waals surface area contributed by atoms with Crippen molar-refractivity contribution in [2.24, 2.45) is 0 Å². The van der Waals surface area contributed by atoms with E-state index in [4.69, 9.17) is 0 Å². The Morgan fingerprint density at radius 2 is 2.37 bits per heavy atom. The van der Waals surface area contributed by atoms with Gasteiger partial charge in [0.2, 0.25) is 17.7 Å². The number of anilines is 2. The van der Waals surface area contributed by atoms with Crippen LogP contribution in [0.2, 0.25) is 0 Å². The normalized spacial score (nSPS) is 18.9. The van der Waals surface area contributed by atoms with Gasteiger partial charge in [0.15, 0.2) is 0 Å². The van der Waals surface area contributed by atoms with Gasteiger partial charge in [-0.1, -0.05) is 0 Å². The number of nitrogens with zero attached hydrogens (tertiary/aromatic N) is 4. The van der Waals surface area contributed by atoms with Gasteiger partial charge >= 0.3 is 5.69 Å². The zero-order chi connectivity index (χ0) is 14.0. The minimum Gasteiger partial charge on any atom is -0.357 e. The molecule has 0 aromatic carbocycles. The van der Waals surface area contributed by atoms with E-state index in [-0.39, 0.29) is 23.4 Å². The lowest BCUT2D eigenvalue weighted by atomic mass is 10.2. The van der Waals surface area contributed by atoms with Crippen LogP contribution in [0.1, 0.15) is 6.92 Å². The summed E-state index contributed by atoms with van der Waals surface area (Å²) in [6.45, 7) is 2.58. The second-order valence-corrected chi connectivity index (χ2v) is 4.07. The van der Waals surface area contributed by atoms with Crippen molar-refractivity contribution in [3.8, 4) is 0 Å². The monoisotopic (exact) mass is 266 g/mol. The fourth-order valence-corrected chi connectivity index (χ4v) is 1.90. The Balaban J connectivity index is 2.46. The molecule has 2 N–H and O–H groups in total. The number of nitro groups is 1. The number of nitrogens with one attached hydrogen (secondary N) is 2. The predicted octanol–water partition coefficient (Wildman–Crippen LogP) is -0.249. The van der Waals surface area contributed by atoms with Crippen molar-refractivity contribution in [1.82, 2.24) is 15.3 Å². The van der Waals surface area contributed by atoms with Crippen molar-refractivity contribution in [2.45, 2.75) is 13.0 Å². The number of amides is 1. The predicted molar refractivity (Wildman–Crippen MR) is 68.1 cm³/mol. The lowest BCUT2D eigenvalue weighted by Crippen LogP contribution is -2.54. The topological polar surface area (TPSA) is 113 Å². The third-order valence-corrected chi connectivity index (χ3v) is 2.94. The van der Waals surface area contributed by atoms with E-state index in [1.54, 1.807) is 18.9 Å². The molecule has 19 heavy (non-hydrogen) atoms. The van der Waals surface area contributed by atoms with Gasteiger partial charge in [-0.3, -0.25) is 14.9 Å². The molecule has 1 aromatic heterocycles. The summed E-state index contributed by atoms with van der Waals surface area (Å²) in [5.74, 6) is 0.260. The fraction of sp³-hybridized carbons (Fsp3) is 0.500. The summed E-state index contributed by atoms with van der Waals surface area (Å²) in [6.07, 6.45) is 1.15. The molecule has 1 aromatic rings. The number of aromatic nitrogens is 2. The van der Waals surface area contributed by atoms with Crippen molar-refractivity contribution < 1.29 is 9.72 Å². The van der Waals surface area contributed by atoms with Crippen LogP contribution in [-0.2, 0) is 4.79 Å². The average Bonchev–Trinajstić information content (AvgIpc) is 2.41. The lowest BCUT2D eigenvalue weighted by molar-refractivity contribution is -0.384. The largest absolute Gasteiger partial charge is 0.357 e. The Hall–Kier alpha value is -2.45. The molecule has 1 atom stereocenters. The molecule has 102 valence electrons. The number of hydrogen-bond acceptors (Lipinski definition) is 7. The molecule has 1 fully saturated rings. The quantitative estimate of drug-likeness (QED) is 0.573. The SMILES string of the molecule is CNc1ncc([N+](=O)[O-])c(N2CCNC(=O)C2C)n1. The van der Waals surface area contributed by atoms with E-state index in [1.165, 1.54) is 0 Å². The molecule has 9 nitrogen and oxygen atoms in total. The zero-order valence-electron chi connectivity index (χ0n) is 10.6. The summed E-state index contributed by atoms with van der Waals surface area (Å²) in [6, 6.07) is -0.507. The summed E-state index contributed by atoms with van der Waals surface area (Å²) in [4.78, 5) is 31.7. The van der Waals surface area contributed by atoms with E-state index in [9.17, 15) is 14.9 Å². The first-order valence-corrected chi connectivity index (χ1v) is 5.78. The van der Waals surface area contributed by atoms with Gasteiger partial charge in [-0.15, -0.1) is 0 Å². The van der Waals surface area contributed by atoms with E-state index < -0.39 is 11.0 Å². The Morgan fingerprint density at radius 3 is 3.00 bits per heavy atom. The van der Waals surface area contributed by atoms with Crippen LogP contribution in [0.25, 0.3) is 0 Å². The Bertz CT molecular complexity index is 520. The summed E-state index contributed by atoms with van der Waals surface area (Å²) < 4.78 is 0. The zero-order valence-corrected chi connectivity index (χ0v) is 10.6.